The Labute approximate surface area is 130 Å². The second kappa shape index (κ2) is 8.27. The van der Waals surface area contributed by atoms with Crippen LogP contribution in [0.5, 0.6) is 0 Å². The summed E-state index contributed by atoms with van der Waals surface area (Å²) in [6.45, 7) is 5.89. The van der Waals surface area contributed by atoms with Crippen molar-refractivity contribution in [1.82, 2.24) is 5.32 Å². The summed E-state index contributed by atoms with van der Waals surface area (Å²) in [6, 6.07) is 9.77. The zero-order valence-electron chi connectivity index (χ0n) is 12.6. The Morgan fingerprint density at radius 2 is 2.14 bits per heavy atom. The Bertz CT molecular complexity index is 540. The predicted octanol–water partition coefficient (Wildman–Crippen LogP) is 4.14. The SMILES string of the molecule is CC(C)NCc1ccc(F)c(COCCc2cccs2)c1. The van der Waals surface area contributed by atoms with Crippen LogP contribution in [0.1, 0.15) is 29.9 Å². The van der Waals surface area contributed by atoms with Crippen LogP contribution >= 0.6 is 11.3 Å². The summed E-state index contributed by atoms with van der Waals surface area (Å²) in [5.41, 5.74) is 1.71. The lowest BCUT2D eigenvalue weighted by Gasteiger charge is -2.10. The fourth-order valence-electron chi connectivity index (χ4n) is 1.98. The first-order valence-corrected chi connectivity index (χ1v) is 8.14. The van der Waals surface area contributed by atoms with Gasteiger partial charge in [-0.25, -0.2) is 4.39 Å². The monoisotopic (exact) mass is 307 g/mol. The molecule has 0 saturated heterocycles. The number of halogens is 1. The molecule has 1 heterocycles. The van der Waals surface area contributed by atoms with Gasteiger partial charge in [-0.2, -0.15) is 0 Å². The van der Waals surface area contributed by atoms with E-state index in [1.807, 2.05) is 18.2 Å². The van der Waals surface area contributed by atoms with Gasteiger partial charge < -0.3 is 10.1 Å². The molecule has 0 unspecified atom stereocenters. The molecule has 0 fully saturated rings. The molecular formula is C17H22FNOS. The molecule has 21 heavy (non-hydrogen) atoms. The minimum Gasteiger partial charge on any atom is -0.376 e. The molecule has 4 heteroatoms. The van der Waals surface area contributed by atoms with Crippen molar-refractivity contribution in [1.29, 1.82) is 0 Å². The number of hydrogen-bond acceptors (Lipinski definition) is 3. The molecule has 1 aromatic heterocycles. The van der Waals surface area contributed by atoms with Crippen molar-refractivity contribution in [2.24, 2.45) is 0 Å². The number of hydrogen-bond donors (Lipinski definition) is 1. The number of benzene rings is 1. The van der Waals surface area contributed by atoms with Gasteiger partial charge in [0.25, 0.3) is 0 Å². The Morgan fingerprint density at radius 1 is 1.29 bits per heavy atom. The van der Waals surface area contributed by atoms with Crippen LogP contribution in [0.4, 0.5) is 4.39 Å². The van der Waals surface area contributed by atoms with E-state index in [-0.39, 0.29) is 5.82 Å². The average Bonchev–Trinajstić information content (AvgIpc) is 2.97. The van der Waals surface area contributed by atoms with Crippen molar-refractivity contribution in [3.05, 3.63) is 57.5 Å². The maximum absolute atomic E-state index is 13.8. The van der Waals surface area contributed by atoms with Crippen molar-refractivity contribution in [2.75, 3.05) is 6.61 Å². The molecule has 0 radical (unpaired) electrons. The van der Waals surface area contributed by atoms with Crippen molar-refractivity contribution < 1.29 is 9.13 Å². The number of thiophene rings is 1. The van der Waals surface area contributed by atoms with E-state index >= 15 is 0 Å². The van der Waals surface area contributed by atoms with Gasteiger partial charge in [0.2, 0.25) is 0 Å². The van der Waals surface area contributed by atoms with Crippen LogP contribution in [0.2, 0.25) is 0 Å². The zero-order valence-corrected chi connectivity index (χ0v) is 13.4. The van der Waals surface area contributed by atoms with Gasteiger partial charge in [0, 0.05) is 29.4 Å². The molecule has 0 spiro atoms. The molecular weight excluding hydrogens is 285 g/mol. The van der Waals surface area contributed by atoms with Crippen LogP contribution in [-0.2, 0) is 24.3 Å². The van der Waals surface area contributed by atoms with Crippen LogP contribution in [0.3, 0.4) is 0 Å². The largest absolute Gasteiger partial charge is 0.376 e. The molecule has 1 aromatic carbocycles. The highest BCUT2D eigenvalue weighted by atomic mass is 32.1. The number of ether oxygens (including phenoxy) is 1. The fraction of sp³-hybridized carbons (Fsp3) is 0.412. The van der Waals surface area contributed by atoms with Crippen molar-refractivity contribution in [3.8, 4) is 0 Å². The summed E-state index contributed by atoms with van der Waals surface area (Å²) < 4.78 is 19.4. The second-order valence-corrected chi connectivity index (χ2v) is 6.38. The van der Waals surface area contributed by atoms with E-state index in [0.717, 1.165) is 18.5 Å². The maximum atomic E-state index is 13.8. The predicted molar refractivity (Wildman–Crippen MR) is 86.1 cm³/mol. The smallest absolute Gasteiger partial charge is 0.128 e. The summed E-state index contributed by atoms with van der Waals surface area (Å²) in [5, 5.41) is 5.39. The molecule has 2 rings (SSSR count). The lowest BCUT2D eigenvalue weighted by atomic mass is 10.1. The van der Waals surface area contributed by atoms with Crippen LogP contribution in [0.25, 0.3) is 0 Å². The molecule has 0 amide bonds. The zero-order chi connectivity index (χ0) is 15.1. The molecule has 0 aliphatic carbocycles. The third-order valence-electron chi connectivity index (χ3n) is 3.16. The highest BCUT2D eigenvalue weighted by Gasteiger charge is 2.05. The minimum absolute atomic E-state index is 0.195. The third kappa shape index (κ3) is 5.58. The summed E-state index contributed by atoms with van der Waals surface area (Å²) >= 11 is 1.72. The number of rotatable bonds is 8. The van der Waals surface area contributed by atoms with Crippen LogP contribution < -0.4 is 5.32 Å². The normalized spacial score (nSPS) is 11.2. The van der Waals surface area contributed by atoms with Crippen LogP contribution in [0.15, 0.2) is 35.7 Å². The van der Waals surface area contributed by atoms with Gasteiger partial charge in [0.1, 0.15) is 5.82 Å². The van der Waals surface area contributed by atoms with Gasteiger partial charge in [0.05, 0.1) is 13.2 Å². The van der Waals surface area contributed by atoms with Gasteiger partial charge in [0.15, 0.2) is 0 Å². The van der Waals surface area contributed by atoms with Gasteiger partial charge in [-0.3, -0.25) is 0 Å². The van der Waals surface area contributed by atoms with Crippen LogP contribution in [-0.4, -0.2) is 12.6 Å². The fourth-order valence-corrected chi connectivity index (χ4v) is 2.67. The van der Waals surface area contributed by atoms with Gasteiger partial charge >= 0.3 is 0 Å². The summed E-state index contributed by atoms with van der Waals surface area (Å²) in [6.07, 6.45) is 0.883. The Balaban J connectivity index is 1.82. The molecule has 1 N–H and O–H groups in total. The van der Waals surface area contributed by atoms with Gasteiger partial charge in [-0.15, -0.1) is 11.3 Å². The minimum atomic E-state index is -0.195. The Morgan fingerprint density at radius 3 is 2.86 bits per heavy atom. The third-order valence-corrected chi connectivity index (χ3v) is 4.09. The number of nitrogens with one attached hydrogen (secondary N) is 1. The highest BCUT2D eigenvalue weighted by molar-refractivity contribution is 7.09. The topological polar surface area (TPSA) is 21.3 Å². The molecule has 0 bridgehead atoms. The lowest BCUT2D eigenvalue weighted by Crippen LogP contribution is -2.21. The van der Waals surface area contributed by atoms with Gasteiger partial charge in [-0.05, 0) is 29.1 Å². The van der Waals surface area contributed by atoms with Crippen molar-refractivity contribution in [3.63, 3.8) is 0 Å². The second-order valence-electron chi connectivity index (χ2n) is 5.34. The average molecular weight is 307 g/mol. The standard InChI is InChI=1S/C17H22FNOS/c1-13(2)19-11-14-5-6-17(18)15(10-14)12-20-8-7-16-4-3-9-21-16/h3-6,9-10,13,19H,7-8,11-12H2,1-2H3. The van der Waals surface area contributed by atoms with E-state index in [4.69, 9.17) is 4.74 Å². The van der Waals surface area contributed by atoms with Crippen LogP contribution in [0, 0.1) is 5.82 Å². The van der Waals surface area contributed by atoms with Crippen molar-refractivity contribution >= 4 is 11.3 Å². The van der Waals surface area contributed by atoms with E-state index in [9.17, 15) is 4.39 Å². The Hall–Kier alpha value is -1.23. The van der Waals surface area contributed by atoms with E-state index in [0.29, 0.717) is 24.8 Å². The maximum Gasteiger partial charge on any atom is 0.128 e. The quantitative estimate of drug-likeness (QED) is 0.740. The van der Waals surface area contributed by atoms with Crippen molar-refractivity contribution in [2.45, 2.75) is 39.5 Å². The molecule has 2 nitrogen and oxygen atoms in total. The molecule has 2 aromatic rings. The first-order chi connectivity index (χ1) is 10.1. The lowest BCUT2D eigenvalue weighted by molar-refractivity contribution is 0.122. The molecule has 0 atom stereocenters. The van der Waals surface area contributed by atoms with Gasteiger partial charge in [-0.1, -0.05) is 26.0 Å². The molecule has 0 aliphatic heterocycles. The highest BCUT2D eigenvalue weighted by Crippen LogP contribution is 2.13. The molecule has 114 valence electrons. The van der Waals surface area contributed by atoms with E-state index in [1.54, 1.807) is 11.3 Å². The summed E-state index contributed by atoms with van der Waals surface area (Å²) in [7, 11) is 0. The summed E-state index contributed by atoms with van der Waals surface area (Å²) in [4.78, 5) is 1.30. The first-order valence-electron chi connectivity index (χ1n) is 7.26. The molecule has 0 aliphatic rings. The Kier molecular flexibility index (Phi) is 6.36. The molecule has 0 saturated carbocycles. The van der Waals surface area contributed by atoms with E-state index < -0.39 is 0 Å². The van der Waals surface area contributed by atoms with E-state index in [1.165, 1.54) is 10.9 Å². The summed E-state index contributed by atoms with van der Waals surface area (Å²) in [5.74, 6) is -0.195. The van der Waals surface area contributed by atoms with E-state index in [2.05, 4.69) is 30.6 Å². The first kappa shape index (κ1) is 16.1.